The third kappa shape index (κ3) is 6.32. The van der Waals surface area contributed by atoms with Crippen LogP contribution in [-0.2, 0) is 0 Å². The molecule has 11 heavy (non-hydrogen) atoms. The van der Waals surface area contributed by atoms with Gasteiger partial charge in [-0.2, -0.15) is 0 Å². The first-order valence-corrected chi connectivity index (χ1v) is 4.55. The smallest absolute Gasteiger partial charge is 0.0804 e. The second-order valence-corrected chi connectivity index (χ2v) is 3.81. The zero-order valence-corrected chi connectivity index (χ0v) is 8.14. The van der Waals surface area contributed by atoms with Crippen LogP contribution >= 0.6 is 0 Å². The third-order valence-electron chi connectivity index (χ3n) is 2.04. The molecule has 0 aliphatic rings. The van der Waals surface area contributed by atoms with Crippen LogP contribution in [0.15, 0.2) is 0 Å². The SMILES string of the molecule is CCCC[N+](C)(C)CCCO. The Kier molecular flexibility index (Phi) is 5.51. The van der Waals surface area contributed by atoms with Crippen molar-refractivity contribution < 1.29 is 9.59 Å². The first-order valence-electron chi connectivity index (χ1n) is 4.55. The maximum Gasteiger partial charge on any atom is 0.0804 e. The van der Waals surface area contributed by atoms with E-state index in [0.717, 1.165) is 17.4 Å². The summed E-state index contributed by atoms with van der Waals surface area (Å²) in [5.74, 6) is 0. The number of aliphatic hydroxyl groups excluding tert-OH is 1. The molecule has 0 aromatic rings. The lowest BCUT2D eigenvalue weighted by Gasteiger charge is -2.29. The number of hydrogen-bond acceptors (Lipinski definition) is 1. The zero-order chi connectivity index (χ0) is 8.74. The molecule has 0 aliphatic carbocycles. The fourth-order valence-corrected chi connectivity index (χ4v) is 1.20. The summed E-state index contributed by atoms with van der Waals surface area (Å²) in [7, 11) is 4.46. The first kappa shape index (κ1) is 10.9. The van der Waals surface area contributed by atoms with Crippen LogP contribution in [0.4, 0.5) is 0 Å². The van der Waals surface area contributed by atoms with Crippen molar-refractivity contribution >= 4 is 0 Å². The number of hydrogen-bond donors (Lipinski definition) is 1. The molecule has 2 heteroatoms. The second kappa shape index (κ2) is 5.56. The van der Waals surface area contributed by atoms with E-state index >= 15 is 0 Å². The summed E-state index contributed by atoms with van der Waals surface area (Å²) in [5, 5.41) is 8.65. The highest BCUT2D eigenvalue weighted by molar-refractivity contribution is 4.37. The summed E-state index contributed by atoms with van der Waals surface area (Å²) in [6.07, 6.45) is 3.48. The number of nitrogens with zero attached hydrogens (tertiary/aromatic N) is 1. The molecule has 0 aliphatic heterocycles. The number of aliphatic hydroxyl groups is 1. The Morgan fingerprint density at radius 3 is 2.09 bits per heavy atom. The van der Waals surface area contributed by atoms with E-state index in [9.17, 15) is 0 Å². The second-order valence-electron chi connectivity index (χ2n) is 3.81. The Bertz CT molecular complexity index is 81.6. The molecule has 0 heterocycles. The summed E-state index contributed by atoms with van der Waals surface area (Å²) in [4.78, 5) is 0. The Labute approximate surface area is 70.4 Å². The van der Waals surface area contributed by atoms with Crippen LogP contribution in [-0.4, -0.2) is 43.4 Å². The minimum absolute atomic E-state index is 0.327. The lowest BCUT2D eigenvalue weighted by molar-refractivity contribution is -0.890. The largest absolute Gasteiger partial charge is 0.396 e. The van der Waals surface area contributed by atoms with Crippen molar-refractivity contribution in [2.45, 2.75) is 26.2 Å². The van der Waals surface area contributed by atoms with Crippen molar-refractivity contribution in [1.82, 2.24) is 0 Å². The van der Waals surface area contributed by atoms with Crippen LogP contribution in [0.3, 0.4) is 0 Å². The average Bonchev–Trinajstić information content (AvgIpc) is 1.97. The quantitative estimate of drug-likeness (QED) is 0.580. The summed E-state index contributed by atoms with van der Waals surface area (Å²) < 4.78 is 1.05. The highest BCUT2D eigenvalue weighted by Crippen LogP contribution is 2.02. The van der Waals surface area contributed by atoms with Crippen molar-refractivity contribution in [2.75, 3.05) is 33.8 Å². The van der Waals surface area contributed by atoms with E-state index in [0.29, 0.717) is 6.61 Å². The Hall–Kier alpha value is -0.0800. The molecule has 2 nitrogen and oxygen atoms in total. The topological polar surface area (TPSA) is 20.2 Å². The molecule has 0 aromatic carbocycles. The van der Waals surface area contributed by atoms with E-state index in [4.69, 9.17) is 5.11 Å². The van der Waals surface area contributed by atoms with Gasteiger partial charge in [-0.05, 0) is 6.42 Å². The molecular formula is C9H22NO+. The molecule has 0 spiro atoms. The van der Waals surface area contributed by atoms with Gasteiger partial charge in [0.1, 0.15) is 0 Å². The van der Waals surface area contributed by atoms with Gasteiger partial charge >= 0.3 is 0 Å². The molecule has 0 unspecified atom stereocenters. The molecule has 0 amide bonds. The van der Waals surface area contributed by atoms with Crippen molar-refractivity contribution in [3.8, 4) is 0 Å². The van der Waals surface area contributed by atoms with Crippen molar-refractivity contribution in [2.24, 2.45) is 0 Å². The Balaban J connectivity index is 3.43. The van der Waals surface area contributed by atoms with Crippen LogP contribution in [0, 0.1) is 0 Å². The monoisotopic (exact) mass is 160 g/mol. The van der Waals surface area contributed by atoms with E-state index in [1.807, 2.05) is 0 Å². The Morgan fingerprint density at radius 2 is 1.64 bits per heavy atom. The number of rotatable bonds is 6. The lowest BCUT2D eigenvalue weighted by Crippen LogP contribution is -2.41. The molecule has 0 saturated carbocycles. The molecule has 0 fully saturated rings. The summed E-state index contributed by atoms with van der Waals surface area (Å²) in [6.45, 7) is 4.87. The van der Waals surface area contributed by atoms with E-state index < -0.39 is 0 Å². The molecule has 0 atom stereocenters. The molecule has 1 N–H and O–H groups in total. The lowest BCUT2D eigenvalue weighted by atomic mass is 10.3. The van der Waals surface area contributed by atoms with E-state index in [-0.39, 0.29) is 0 Å². The van der Waals surface area contributed by atoms with Gasteiger partial charge in [0.25, 0.3) is 0 Å². The highest BCUT2D eigenvalue weighted by atomic mass is 16.3. The standard InChI is InChI=1S/C9H22NO/c1-4-5-7-10(2,3)8-6-9-11/h11H,4-9H2,1-3H3/q+1. The normalized spacial score (nSPS) is 12.0. The summed E-state index contributed by atoms with van der Waals surface area (Å²) in [5.41, 5.74) is 0. The third-order valence-corrected chi connectivity index (χ3v) is 2.04. The average molecular weight is 160 g/mol. The number of unbranched alkanes of at least 4 members (excludes halogenated alkanes) is 1. The van der Waals surface area contributed by atoms with E-state index in [1.54, 1.807) is 0 Å². The predicted molar refractivity (Wildman–Crippen MR) is 48.5 cm³/mol. The van der Waals surface area contributed by atoms with Gasteiger partial charge in [0.05, 0.1) is 27.2 Å². The Morgan fingerprint density at radius 1 is 1.09 bits per heavy atom. The fourth-order valence-electron chi connectivity index (χ4n) is 1.20. The minimum Gasteiger partial charge on any atom is -0.396 e. The van der Waals surface area contributed by atoms with Gasteiger partial charge in [-0.15, -0.1) is 0 Å². The minimum atomic E-state index is 0.327. The van der Waals surface area contributed by atoms with Crippen LogP contribution in [0.2, 0.25) is 0 Å². The van der Waals surface area contributed by atoms with Gasteiger partial charge < -0.3 is 9.59 Å². The number of quaternary nitrogens is 1. The van der Waals surface area contributed by atoms with Gasteiger partial charge in [0, 0.05) is 13.0 Å². The van der Waals surface area contributed by atoms with Gasteiger partial charge in [-0.1, -0.05) is 13.3 Å². The fraction of sp³-hybridized carbons (Fsp3) is 1.00. The highest BCUT2D eigenvalue weighted by Gasteiger charge is 2.12. The van der Waals surface area contributed by atoms with Gasteiger partial charge in [0.2, 0.25) is 0 Å². The predicted octanol–water partition coefficient (Wildman–Crippen LogP) is 1.25. The van der Waals surface area contributed by atoms with Crippen molar-refractivity contribution in [3.63, 3.8) is 0 Å². The summed E-state index contributed by atoms with van der Waals surface area (Å²) >= 11 is 0. The van der Waals surface area contributed by atoms with Crippen LogP contribution in [0.5, 0.6) is 0 Å². The molecule has 0 aromatic heterocycles. The maximum absolute atomic E-state index is 8.65. The van der Waals surface area contributed by atoms with Crippen molar-refractivity contribution in [1.29, 1.82) is 0 Å². The molecule has 0 rings (SSSR count). The van der Waals surface area contributed by atoms with Gasteiger partial charge in [-0.25, -0.2) is 0 Å². The summed E-state index contributed by atoms with van der Waals surface area (Å²) in [6, 6.07) is 0. The maximum atomic E-state index is 8.65. The van der Waals surface area contributed by atoms with Crippen molar-refractivity contribution in [3.05, 3.63) is 0 Å². The van der Waals surface area contributed by atoms with Gasteiger partial charge in [-0.3, -0.25) is 0 Å². The van der Waals surface area contributed by atoms with Crippen LogP contribution in [0.25, 0.3) is 0 Å². The zero-order valence-electron chi connectivity index (χ0n) is 8.14. The van der Waals surface area contributed by atoms with E-state index in [1.165, 1.54) is 19.4 Å². The van der Waals surface area contributed by atoms with Crippen LogP contribution < -0.4 is 0 Å². The van der Waals surface area contributed by atoms with E-state index in [2.05, 4.69) is 21.0 Å². The van der Waals surface area contributed by atoms with Crippen LogP contribution in [0.1, 0.15) is 26.2 Å². The molecule has 68 valence electrons. The van der Waals surface area contributed by atoms with Gasteiger partial charge in [0.15, 0.2) is 0 Å². The molecule has 0 radical (unpaired) electrons. The first-order chi connectivity index (χ1) is 5.12. The molecular weight excluding hydrogens is 138 g/mol. The molecule has 0 saturated heterocycles. The molecule has 0 bridgehead atoms.